The molecule has 7 nitrogen and oxygen atoms in total. The molecule has 0 amide bonds. The lowest BCUT2D eigenvalue weighted by atomic mass is 10.2. The van der Waals surface area contributed by atoms with Crippen molar-refractivity contribution in [1.29, 1.82) is 0 Å². The lowest BCUT2D eigenvalue weighted by Gasteiger charge is -2.09. The molecule has 0 spiro atoms. The van der Waals surface area contributed by atoms with Crippen LogP contribution >= 0.6 is 0 Å². The maximum Gasteiger partial charge on any atom is 0.337 e. The summed E-state index contributed by atoms with van der Waals surface area (Å²) in [4.78, 5) is 21.6. The summed E-state index contributed by atoms with van der Waals surface area (Å²) in [6.45, 7) is 0. The van der Waals surface area contributed by atoms with Crippen molar-refractivity contribution in [3.05, 3.63) is 29.6 Å². The van der Waals surface area contributed by atoms with E-state index in [9.17, 15) is 22.4 Å². The number of sulfonamides is 1. The van der Waals surface area contributed by atoms with Crippen molar-refractivity contribution in [3.8, 4) is 0 Å². The van der Waals surface area contributed by atoms with Crippen LogP contribution in [0.2, 0.25) is 0 Å². The van der Waals surface area contributed by atoms with Gasteiger partial charge in [-0.25, -0.2) is 17.6 Å². The first-order valence-corrected chi connectivity index (χ1v) is 7.50. The summed E-state index contributed by atoms with van der Waals surface area (Å²) < 4.78 is 43.4. The third-order valence-corrected chi connectivity index (χ3v) is 3.81. The van der Waals surface area contributed by atoms with E-state index in [1.807, 2.05) is 4.72 Å². The van der Waals surface area contributed by atoms with E-state index in [1.165, 1.54) is 0 Å². The molecule has 0 aliphatic carbocycles. The lowest BCUT2D eigenvalue weighted by molar-refractivity contribution is -0.137. The Morgan fingerprint density at radius 1 is 1.38 bits per heavy atom. The summed E-state index contributed by atoms with van der Waals surface area (Å²) in [6, 6.07) is 3.10. The molecule has 0 bridgehead atoms. The quantitative estimate of drug-likeness (QED) is 0.731. The van der Waals surface area contributed by atoms with Crippen molar-refractivity contribution in [2.75, 3.05) is 17.6 Å². The van der Waals surface area contributed by atoms with Crippen molar-refractivity contribution >= 4 is 27.6 Å². The van der Waals surface area contributed by atoms with Crippen LogP contribution in [-0.2, 0) is 19.6 Å². The van der Waals surface area contributed by atoms with Gasteiger partial charge in [-0.2, -0.15) is 0 Å². The van der Waals surface area contributed by atoms with Crippen LogP contribution in [-0.4, -0.2) is 38.3 Å². The van der Waals surface area contributed by atoms with Crippen LogP contribution in [0.1, 0.15) is 23.2 Å². The third-order valence-electron chi connectivity index (χ3n) is 2.46. The Morgan fingerprint density at radius 3 is 2.62 bits per heavy atom. The van der Waals surface area contributed by atoms with Crippen LogP contribution in [0.15, 0.2) is 18.2 Å². The van der Waals surface area contributed by atoms with Gasteiger partial charge in [-0.15, -0.1) is 0 Å². The molecule has 0 aliphatic rings. The second-order valence-corrected chi connectivity index (χ2v) is 5.95. The van der Waals surface area contributed by atoms with Gasteiger partial charge in [0.2, 0.25) is 10.0 Å². The predicted octanol–water partition coefficient (Wildman–Crippen LogP) is 1.22. The Kier molecular flexibility index (Phi) is 5.65. The third kappa shape index (κ3) is 5.38. The van der Waals surface area contributed by atoms with Crippen molar-refractivity contribution in [2.45, 2.75) is 12.8 Å². The molecule has 0 radical (unpaired) electrons. The number of hydrogen-bond donors (Lipinski definition) is 2. The number of carbonyl (C=O) groups excluding carboxylic acids is 1. The number of rotatable bonds is 7. The first-order chi connectivity index (χ1) is 9.75. The molecule has 0 saturated carbocycles. The van der Waals surface area contributed by atoms with E-state index in [2.05, 4.69) is 4.74 Å². The number of hydrogen-bond acceptors (Lipinski definition) is 5. The summed E-state index contributed by atoms with van der Waals surface area (Å²) >= 11 is 0. The van der Waals surface area contributed by atoms with Crippen LogP contribution in [0.3, 0.4) is 0 Å². The fourth-order valence-corrected chi connectivity index (χ4v) is 2.60. The number of carboxylic acids is 1. The Labute approximate surface area is 120 Å². The first-order valence-electron chi connectivity index (χ1n) is 5.85. The molecule has 2 N–H and O–H groups in total. The molecule has 21 heavy (non-hydrogen) atoms. The maximum absolute atomic E-state index is 13.5. The SMILES string of the molecule is COC(=O)c1ccc(F)c(NS(=O)(=O)CCCC(=O)O)c1. The second-order valence-electron chi connectivity index (χ2n) is 4.10. The maximum atomic E-state index is 13.5. The van der Waals surface area contributed by atoms with E-state index in [4.69, 9.17) is 5.11 Å². The standard InChI is InChI=1S/C12H14FNO6S/c1-20-12(17)8-4-5-9(13)10(7-8)14-21(18,19)6-2-3-11(15)16/h4-5,7,14H,2-3,6H2,1H3,(H,15,16). The van der Waals surface area contributed by atoms with Gasteiger partial charge in [-0.05, 0) is 24.6 Å². The monoisotopic (exact) mass is 319 g/mol. The lowest BCUT2D eigenvalue weighted by Crippen LogP contribution is -2.18. The molecular weight excluding hydrogens is 305 g/mol. The normalized spacial score (nSPS) is 11.0. The van der Waals surface area contributed by atoms with Gasteiger partial charge in [-0.3, -0.25) is 9.52 Å². The molecule has 0 unspecified atom stereocenters. The predicted molar refractivity (Wildman–Crippen MR) is 72.0 cm³/mol. The van der Waals surface area contributed by atoms with E-state index >= 15 is 0 Å². The van der Waals surface area contributed by atoms with E-state index < -0.39 is 39.2 Å². The van der Waals surface area contributed by atoms with Crippen LogP contribution in [0.5, 0.6) is 0 Å². The van der Waals surface area contributed by atoms with Crippen molar-refractivity contribution in [3.63, 3.8) is 0 Å². The van der Waals surface area contributed by atoms with Crippen LogP contribution in [0.4, 0.5) is 10.1 Å². The number of halogens is 1. The number of methoxy groups -OCH3 is 1. The van der Waals surface area contributed by atoms with Gasteiger partial charge in [-0.1, -0.05) is 0 Å². The van der Waals surface area contributed by atoms with Gasteiger partial charge >= 0.3 is 11.9 Å². The highest BCUT2D eigenvalue weighted by molar-refractivity contribution is 7.92. The molecule has 0 fully saturated rings. The number of ether oxygens (including phenoxy) is 1. The zero-order valence-corrected chi connectivity index (χ0v) is 11.9. The zero-order valence-electron chi connectivity index (χ0n) is 11.1. The molecule has 0 atom stereocenters. The molecule has 9 heteroatoms. The Morgan fingerprint density at radius 2 is 2.05 bits per heavy atom. The number of aliphatic carboxylic acids is 1. The van der Waals surface area contributed by atoms with Gasteiger partial charge in [0.25, 0.3) is 0 Å². The van der Waals surface area contributed by atoms with Crippen molar-refractivity contribution in [1.82, 2.24) is 0 Å². The van der Waals surface area contributed by atoms with Gasteiger partial charge in [0.15, 0.2) is 0 Å². The molecular formula is C12H14FNO6S. The molecule has 1 rings (SSSR count). The summed E-state index contributed by atoms with van der Waals surface area (Å²) in [7, 11) is -2.77. The highest BCUT2D eigenvalue weighted by Crippen LogP contribution is 2.18. The number of carbonyl (C=O) groups is 2. The number of benzene rings is 1. The number of esters is 1. The average Bonchev–Trinajstić information content (AvgIpc) is 2.39. The molecule has 116 valence electrons. The fourth-order valence-electron chi connectivity index (χ4n) is 1.48. The number of anilines is 1. The Hall–Kier alpha value is -2.16. The van der Waals surface area contributed by atoms with Crippen molar-refractivity contribution in [2.24, 2.45) is 0 Å². The summed E-state index contributed by atoms with van der Waals surface area (Å²) in [5, 5.41) is 8.44. The van der Waals surface area contributed by atoms with E-state index in [1.54, 1.807) is 0 Å². The zero-order chi connectivity index (χ0) is 16.0. The number of nitrogens with one attached hydrogen (secondary N) is 1. The molecule has 0 heterocycles. The minimum absolute atomic E-state index is 0.0119. The minimum atomic E-state index is -3.91. The molecule has 1 aromatic carbocycles. The largest absolute Gasteiger partial charge is 0.481 e. The van der Waals surface area contributed by atoms with E-state index in [0.717, 1.165) is 25.3 Å². The second kappa shape index (κ2) is 7.02. The summed E-state index contributed by atoms with van der Waals surface area (Å²) in [6.07, 6.45) is -0.422. The minimum Gasteiger partial charge on any atom is -0.481 e. The molecule has 0 aliphatic heterocycles. The molecule has 1 aromatic rings. The van der Waals surface area contributed by atoms with Crippen LogP contribution in [0, 0.1) is 5.82 Å². The van der Waals surface area contributed by atoms with Gasteiger partial charge in [0.1, 0.15) is 5.82 Å². The van der Waals surface area contributed by atoms with Gasteiger partial charge in [0.05, 0.1) is 24.1 Å². The smallest absolute Gasteiger partial charge is 0.337 e. The average molecular weight is 319 g/mol. The van der Waals surface area contributed by atoms with Gasteiger partial charge in [0, 0.05) is 6.42 Å². The summed E-state index contributed by atoms with van der Waals surface area (Å²) in [5.74, 6) is -3.18. The fraction of sp³-hybridized carbons (Fsp3) is 0.333. The molecule has 0 saturated heterocycles. The highest BCUT2D eigenvalue weighted by Gasteiger charge is 2.16. The van der Waals surface area contributed by atoms with Crippen LogP contribution < -0.4 is 4.72 Å². The number of carboxylic acid groups (broad SMARTS) is 1. The molecule has 0 aromatic heterocycles. The van der Waals surface area contributed by atoms with Crippen molar-refractivity contribution < 1.29 is 32.2 Å². The van der Waals surface area contributed by atoms with Gasteiger partial charge < -0.3 is 9.84 Å². The van der Waals surface area contributed by atoms with E-state index in [-0.39, 0.29) is 18.4 Å². The summed E-state index contributed by atoms with van der Waals surface area (Å²) in [5.41, 5.74) is -0.407. The van der Waals surface area contributed by atoms with E-state index in [0.29, 0.717) is 0 Å². The Bertz CT molecular complexity index is 643. The topological polar surface area (TPSA) is 110 Å². The Balaban J connectivity index is 2.86. The first kappa shape index (κ1) is 16.9. The van der Waals surface area contributed by atoms with Crippen LogP contribution in [0.25, 0.3) is 0 Å². The highest BCUT2D eigenvalue weighted by atomic mass is 32.2.